The van der Waals surface area contributed by atoms with Crippen LogP contribution >= 0.6 is 11.6 Å². The molecule has 1 aliphatic heterocycles. The van der Waals surface area contributed by atoms with Gasteiger partial charge in [-0.2, -0.15) is 13.2 Å². The highest BCUT2D eigenvalue weighted by molar-refractivity contribution is 6.29. The molecule has 0 bridgehead atoms. The van der Waals surface area contributed by atoms with Gasteiger partial charge in [-0.3, -0.25) is 9.59 Å². The average molecular weight is 470 g/mol. The lowest BCUT2D eigenvalue weighted by Crippen LogP contribution is -2.51. The fourth-order valence-electron chi connectivity index (χ4n) is 3.21. The molecule has 0 aliphatic carbocycles. The first kappa shape index (κ1) is 23.6. The summed E-state index contributed by atoms with van der Waals surface area (Å²) < 4.78 is 45.5. The molecule has 170 valence electrons. The minimum absolute atomic E-state index is 0.0189. The summed E-state index contributed by atoms with van der Waals surface area (Å²) in [7, 11) is 1.45. The lowest BCUT2D eigenvalue weighted by molar-refractivity contribution is -0.253. The number of pyridine rings is 1. The molecule has 8 nitrogen and oxygen atoms in total. The van der Waals surface area contributed by atoms with E-state index in [1.165, 1.54) is 25.2 Å². The first-order valence-electron chi connectivity index (χ1n) is 9.41. The van der Waals surface area contributed by atoms with Gasteiger partial charge in [-0.15, -0.1) is 0 Å². The predicted molar refractivity (Wildman–Crippen MR) is 109 cm³/mol. The summed E-state index contributed by atoms with van der Waals surface area (Å²) in [6.07, 6.45) is -7.03. The summed E-state index contributed by atoms with van der Waals surface area (Å²) in [5.74, 6) is -0.797. The number of halogens is 4. The molecule has 1 saturated heterocycles. The van der Waals surface area contributed by atoms with Crippen molar-refractivity contribution in [3.8, 4) is 11.4 Å². The maximum atomic E-state index is 13.4. The number of amides is 2. The summed E-state index contributed by atoms with van der Waals surface area (Å²) in [6, 6.07) is 4.21. The van der Waals surface area contributed by atoms with Crippen molar-refractivity contribution in [3.05, 3.63) is 53.1 Å². The summed E-state index contributed by atoms with van der Waals surface area (Å²) in [6.45, 7) is 4.14. The number of nitrogens with one attached hydrogen (secondary N) is 1. The van der Waals surface area contributed by atoms with Crippen molar-refractivity contribution in [2.24, 2.45) is 0 Å². The largest absolute Gasteiger partial charge is 0.416 e. The van der Waals surface area contributed by atoms with Gasteiger partial charge in [0.25, 0.3) is 5.91 Å². The van der Waals surface area contributed by atoms with Gasteiger partial charge in [-0.05, 0) is 36.8 Å². The Kier molecular flexibility index (Phi) is 6.79. The highest BCUT2D eigenvalue weighted by atomic mass is 35.5. The topological polar surface area (TPSA) is 97.3 Å². The SMILES string of the molecule is C=CC(=O)N1C[C@@H](c2cc(Cl)nc(-c3cc(C(=O)NC)nc(C)n3)c2)O[C@@H](C(F)(F)F)C1. The van der Waals surface area contributed by atoms with Gasteiger partial charge in [0.2, 0.25) is 5.91 Å². The van der Waals surface area contributed by atoms with Gasteiger partial charge in [-0.25, -0.2) is 15.0 Å². The lowest BCUT2D eigenvalue weighted by Gasteiger charge is -2.38. The second kappa shape index (κ2) is 9.21. The van der Waals surface area contributed by atoms with Crippen LogP contribution in [0.3, 0.4) is 0 Å². The molecule has 1 fully saturated rings. The summed E-state index contributed by atoms with van der Waals surface area (Å²) in [4.78, 5) is 37.5. The minimum atomic E-state index is -4.68. The number of nitrogens with zero attached hydrogens (tertiary/aromatic N) is 4. The number of aromatic nitrogens is 3. The second-order valence-corrected chi connectivity index (χ2v) is 7.36. The van der Waals surface area contributed by atoms with E-state index in [-0.39, 0.29) is 34.3 Å². The molecule has 1 aliphatic rings. The van der Waals surface area contributed by atoms with Crippen molar-refractivity contribution in [2.45, 2.75) is 25.3 Å². The number of alkyl halides is 3. The number of hydrogen-bond donors (Lipinski definition) is 1. The van der Waals surface area contributed by atoms with Crippen molar-refractivity contribution in [1.29, 1.82) is 0 Å². The van der Waals surface area contributed by atoms with Crippen LogP contribution in [0.15, 0.2) is 30.9 Å². The van der Waals surface area contributed by atoms with Crippen LogP contribution in [0, 0.1) is 6.92 Å². The average Bonchev–Trinajstić information content (AvgIpc) is 2.76. The highest BCUT2D eigenvalue weighted by Gasteiger charge is 2.47. The van der Waals surface area contributed by atoms with Crippen molar-refractivity contribution >= 4 is 23.4 Å². The van der Waals surface area contributed by atoms with Gasteiger partial charge >= 0.3 is 6.18 Å². The van der Waals surface area contributed by atoms with Crippen LogP contribution in [-0.2, 0) is 9.53 Å². The van der Waals surface area contributed by atoms with Crippen molar-refractivity contribution in [1.82, 2.24) is 25.2 Å². The first-order chi connectivity index (χ1) is 15.0. The number of morpholine rings is 1. The van der Waals surface area contributed by atoms with E-state index in [1.807, 2.05) is 0 Å². The maximum Gasteiger partial charge on any atom is 0.416 e. The van der Waals surface area contributed by atoms with Gasteiger partial charge < -0.3 is 15.0 Å². The maximum absolute atomic E-state index is 13.4. The number of rotatable bonds is 4. The fraction of sp³-hybridized carbons (Fsp3) is 0.350. The number of hydrogen-bond acceptors (Lipinski definition) is 6. The fourth-order valence-corrected chi connectivity index (χ4v) is 3.43. The second-order valence-electron chi connectivity index (χ2n) is 6.98. The third-order valence-electron chi connectivity index (χ3n) is 4.70. The number of carbonyl (C=O) groups excluding carboxylic acids is 2. The Balaban J connectivity index is 2.02. The zero-order valence-corrected chi connectivity index (χ0v) is 17.9. The summed E-state index contributed by atoms with van der Waals surface area (Å²) in [5.41, 5.74) is 0.824. The zero-order valence-electron chi connectivity index (χ0n) is 17.1. The standard InChI is InChI=1S/C20H19ClF3N5O3/c1-4-18(30)29-8-15(32-16(9-29)20(22,23)24)11-5-12(28-17(21)6-11)13-7-14(19(31)25-3)27-10(2)26-13/h4-7,15-16H,1,8-9H2,2-3H3,(H,25,31)/t15-,16+/m0/s1. The molecule has 2 atom stereocenters. The Morgan fingerprint density at radius 1 is 1.22 bits per heavy atom. The number of aryl methyl sites for hydroxylation is 1. The third kappa shape index (κ3) is 5.22. The minimum Gasteiger partial charge on any atom is -0.357 e. The van der Waals surface area contributed by atoms with E-state index in [2.05, 4.69) is 26.8 Å². The third-order valence-corrected chi connectivity index (χ3v) is 4.89. The highest BCUT2D eigenvalue weighted by Crippen LogP contribution is 2.35. The van der Waals surface area contributed by atoms with Gasteiger partial charge in [0, 0.05) is 7.05 Å². The van der Waals surface area contributed by atoms with Gasteiger partial charge in [0.1, 0.15) is 22.8 Å². The molecular formula is C20H19ClF3N5O3. The lowest BCUT2D eigenvalue weighted by atomic mass is 10.0. The summed E-state index contributed by atoms with van der Waals surface area (Å²) >= 11 is 6.13. The van der Waals surface area contributed by atoms with Gasteiger partial charge in [0.05, 0.1) is 24.5 Å². The van der Waals surface area contributed by atoms with E-state index in [4.69, 9.17) is 16.3 Å². The Hall–Kier alpha value is -3.05. The van der Waals surface area contributed by atoms with E-state index >= 15 is 0 Å². The van der Waals surface area contributed by atoms with E-state index in [1.54, 1.807) is 6.92 Å². The molecule has 1 N–H and O–H groups in total. The molecule has 3 heterocycles. The van der Waals surface area contributed by atoms with Gasteiger partial charge in [0.15, 0.2) is 6.10 Å². The Labute approximate surface area is 186 Å². The zero-order chi connectivity index (χ0) is 23.6. The van der Waals surface area contributed by atoms with Crippen LogP contribution in [0.1, 0.15) is 28.0 Å². The summed E-state index contributed by atoms with van der Waals surface area (Å²) in [5, 5.41) is 2.43. The quantitative estimate of drug-likeness (QED) is 0.546. The number of ether oxygens (including phenoxy) is 1. The molecule has 2 aromatic heterocycles. The molecule has 0 unspecified atom stereocenters. The van der Waals surface area contributed by atoms with Crippen LogP contribution in [0.4, 0.5) is 13.2 Å². The Bertz CT molecular complexity index is 1060. The molecule has 2 aromatic rings. The normalized spacial score (nSPS) is 18.9. The van der Waals surface area contributed by atoms with E-state index in [0.29, 0.717) is 5.82 Å². The Morgan fingerprint density at radius 3 is 2.53 bits per heavy atom. The van der Waals surface area contributed by atoms with E-state index in [0.717, 1.165) is 11.0 Å². The van der Waals surface area contributed by atoms with E-state index in [9.17, 15) is 22.8 Å². The first-order valence-corrected chi connectivity index (χ1v) is 9.78. The molecule has 0 radical (unpaired) electrons. The predicted octanol–water partition coefficient (Wildman–Crippen LogP) is 2.88. The molecule has 32 heavy (non-hydrogen) atoms. The smallest absolute Gasteiger partial charge is 0.357 e. The van der Waals surface area contributed by atoms with Gasteiger partial charge in [-0.1, -0.05) is 18.2 Å². The van der Waals surface area contributed by atoms with Crippen LogP contribution < -0.4 is 5.32 Å². The molecule has 3 rings (SSSR count). The van der Waals surface area contributed by atoms with E-state index < -0.39 is 36.7 Å². The molecule has 0 saturated carbocycles. The van der Waals surface area contributed by atoms with Crippen molar-refractivity contribution in [2.75, 3.05) is 20.1 Å². The van der Waals surface area contributed by atoms with Crippen molar-refractivity contribution in [3.63, 3.8) is 0 Å². The number of carbonyl (C=O) groups is 2. The molecule has 12 heteroatoms. The van der Waals surface area contributed by atoms with Crippen LogP contribution in [0.5, 0.6) is 0 Å². The van der Waals surface area contributed by atoms with Crippen LogP contribution in [-0.4, -0.2) is 64.1 Å². The molecule has 0 spiro atoms. The molecule has 0 aromatic carbocycles. The molecular weight excluding hydrogens is 451 g/mol. The Morgan fingerprint density at radius 2 is 1.91 bits per heavy atom. The molecule has 2 amide bonds. The van der Waals surface area contributed by atoms with Crippen molar-refractivity contribution < 1.29 is 27.5 Å². The van der Waals surface area contributed by atoms with Crippen LogP contribution in [0.25, 0.3) is 11.4 Å². The monoisotopic (exact) mass is 469 g/mol. The van der Waals surface area contributed by atoms with Crippen LogP contribution in [0.2, 0.25) is 5.15 Å².